The van der Waals surface area contributed by atoms with Crippen LogP contribution in [-0.2, 0) is 24.3 Å². The number of amides is 2. The maximum atomic E-state index is 13.5. The Bertz CT molecular complexity index is 1240. The minimum absolute atomic E-state index is 0.0519. The SMILES string of the molecule is Cc1ccccc1C(=O)N(Cc1ccccc1)c1ccc(CC(=O)NCc2cccnc2)cc1. The zero-order chi connectivity index (χ0) is 23.8. The van der Waals surface area contributed by atoms with Crippen molar-refractivity contribution in [2.24, 2.45) is 0 Å². The van der Waals surface area contributed by atoms with Crippen LogP contribution in [0.2, 0.25) is 0 Å². The maximum Gasteiger partial charge on any atom is 0.258 e. The highest BCUT2D eigenvalue weighted by molar-refractivity contribution is 6.07. The van der Waals surface area contributed by atoms with Crippen LogP contribution in [0.25, 0.3) is 0 Å². The molecule has 34 heavy (non-hydrogen) atoms. The Morgan fingerprint density at radius 1 is 0.794 bits per heavy atom. The van der Waals surface area contributed by atoms with Crippen LogP contribution in [0.4, 0.5) is 5.69 Å². The molecule has 5 heteroatoms. The Morgan fingerprint density at radius 3 is 2.21 bits per heavy atom. The number of carbonyl (C=O) groups is 2. The van der Waals surface area contributed by atoms with Gasteiger partial charge in [-0.25, -0.2) is 0 Å². The van der Waals surface area contributed by atoms with Gasteiger partial charge in [0, 0.05) is 30.2 Å². The molecule has 5 nitrogen and oxygen atoms in total. The summed E-state index contributed by atoms with van der Waals surface area (Å²) in [6, 6.07) is 28.9. The van der Waals surface area contributed by atoms with Gasteiger partial charge in [-0.3, -0.25) is 14.6 Å². The first kappa shape index (κ1) is 22.9. The lowest BCUT2D eigenvalue weighted by Gasteiger charge is -2.24. The predicted octanol–water partition coefficient (Wildman–Crippen LogP) is 5.10. The van der Waals surface area contributed by atoms with E-state index < -0.39 is 0 Å². The second-order valence-corrected chi connectivity index (χ2v) is 8.17. The second-order valence-electron chi connectivity index (χ2n) is 8.17. The Balaban J connectivity index is 1.49. The first-order valence-corrected chi connectivity index (χ1v) is 11.3. The number of aromatic nitrogens is 1. The Kier molecular flexibility index (Phi) is 7.45. The van der Waals surface area contributed by atoms with E-state index in [2.05, 4.69) is 10.3 Å². The molecule has 0 atom stereocenters. The van der Waals surface area contributed by atoms with Crippen molar-refractivity contribution in [3.63, 3.8) is 0 Å². The van der Waals surface area contributed by atoms with Crippen molar-refractivity contribution in [2.75, 3.05) is 4.90 Å². The zero-order valence-corrected chi connectivity index (χ0v) is 19.1. The number of hydrogen-bond acceptors (Lipinski definition) is 3. The number of nitrogens with one attached hydrogen (secondary N) is 1. The molecule has 0 aliphatic rings. The van der Waals surface area contributed by atoms with E-state index in [1.54, 1.807) is 17.3 Å². The van der Waals surface area contributed by atoms with E-state index >= 15 is 0 Å². The molecule has 0 aliphatic carbocycles. The molecule has 3 aromatic carbocycles. The molecular formula is C29H27N3O2. The third-order valence-electron chi connectivity index (χ3n) is 5.63. The predicted molar refractivity (Wildman–Crippen MR) is 134 cm³/mol. The van der Waals surface area contributed by atoms with Gasteiger partial charge in [-0.2, -0.15) is 0 Å². The molecule has 170 valence electrons. The van der Waals surface area contributed by atoms with Crippen molar-refractivity contribution in [3.8, 4) is 0 Å². The van der Waals surface area contributed by atoms with Gasteiger partial charge in [0.1, 0.15) is 0 Å². The van der Waals surface area contributed by atoms with Gasteiger partial charge in [0.2, 0.25) is 5.91 Å². The van der Waals surface area contributed by atoms with Crippen molar-refractivity contribution in [2.45, 2.75) is 26.4 Å². The summed E-state index contributed by atoms with van der Waals surface area (Å²) in [6.45, 7) is 2.85. The molecule has 0 aliphatic heterocycles. The molecule has 1 N–H and O–H groups in total. The maximum absolute atomic E-state index is 13.5. The first-order valence-electron chi connectivity index (χ1n) is 11.3. The highest BCUT2D eigenvalue weighted by atomic mass is 16.2. The van der Waals surface area contributed by atoms with Gasteiger partial charge >= 0.3 is 0 Å². The molecule has 0 fully saturated rings. The van der Waals surface area contributed by atoms with Crippen LogP contribution >= 0.6 is 0 Å². The van der Waals surface area contributed by atoms with E-state index in [0.717, 1.165) is 27.9 Å². The molecule has 1 aromatic heterocycles. The third kappa shape index (κ3) is 5.95. The van der Waals surface area contributed by atoms with Crippen LogP contribution in [0, 0.1) is 6.92 Å². The van der Waals surface area contributed by atoms with Crippen LogP contribution in [0.5, 0.6) is 0 Å². The zero-order valence-electron chi connectivity index (χ0n) is 19.1. The fourth-order valence-electron chi connectivity index (χ4n) is 3.75. The molecule has 4 rings (SSSR count). The average molecular weight is 450 g/mol. The molecular weight excluding hydrogens is 422 g/mol. The van der Waals surface area contributed by atoms with Crippen molar-refractivity contribution in [1.29, 1.82) is 0 Å². The van der Waals surface area contributed by atoms with E-state index in [-0.39, 0.29) is 18.2 Å². The van der Waals surface area contributed by atoms with Gasteiger partial charge in [0.05, 0.1) is 13.0 Å². The molecule has 0 bridgehead atoms. The summed E-state index contributed by atoms with van der Waals surface area (Å²) in [4.78, 5) is 31.7. The second kappa shape index (κ2) is 11.1. The van der Waals surface area contributed by atoms with Crippen LogP contribution in [0.1, 0.15) is 32.6 Å². The highest BCUT2D eigenvalue weighted by Crippen LogP contribution is 2.22. The van der Waals surface area contributed by atoms with Crippen LogP contribution in [0.15, 0.2) is 103 Å². The lowest BCUT2D eigenvalue weighted by atomic mass is 10.1. The summed E-state index contributed by atoms with van der Waals surface area (Å²) in [6.07, 6.45) is 3.71. The number of aryl methyl sites for hydroxylation is 1. The third-order valence-corrected chi connectivity index (χ3v) is 5.63. The number of nitrogens with zero attached hydrogens (tertiary/aromatic N) is 2. The quantitative estimate of drug-likeness (QED) is 0.407. The number of hydrogen-bond donors (Lipinski definition) is 1. The summed E-state index contributed by atoms with van der Waals surface area (Å²) in [5, 5.41) is 2.92. The van der Waals surface area contributed by atoms with Crippen molar-refractivity contribution in [3.05, 3.63) is 131 Å². The number of rotatable bonds is 8. The number of benzene rings is 3. The molecule has 4 aromatic rings. The topological polar surface area (TPSA) is 62.3 Å². The van der Waals surface area contributed by atoms with Crippen molar-refractivity contribution < 1.29 is 9.59 Å². The molecule has 0 unspecified atom stereocenters. The molecule has 0 radical (unpaired) electrons. The number of carbonyl (C=O) groups excluding carboxylic acids is 2. The lowest BCUT2D eigenvalue weighted by molar-refractivity contribution is -0.120. The lowest BCUT2D eigenvalue weighted by Crippen LogP contribution is -2.31. The average Bonchev–Trinajstić information content (AvgIpc) is 2.88. The molecule has 0 spiro atoms. The van der Waals surface area contributed by atoms with Gasteiger partial charge in [0.15, 0.2) is 0 Å². The van der Waals surface area contributed by atoms with E-state index in [0.29, 0.717) is 18.7 Å². The van der Waals surface area contributed by atoms with E-state index in [9.17, 15) is 9.59 Å². The van der Waals surface area contributed by atoms with Crippen molar-refractivity contribution >= 4 is 17.5 Å². The Hall–Kier alpha value is -4.25. The smallest absolute Gasteiger partial charge is 0.258 e. The fourth-order valence-corrected chi connectivity index (χ4v) is 3.75. The highest BCUT2D eigenvalue weighted by Gasteiger charge is 2.20. The van der Waals surface area contributed by atoms with Crippen molar-refractivity contribution in [1.82, 2.24) is 10.3 Å². The summed E-state index contributed by atoms with van der Waals surface area (Å²) in [7, 11) is 0. The van der Waals surface area contributed by atoms with E-state index in [1.165, 1.54) is 0 Å². The largest absolute Gasteiger partial charge is 0.352 e. The minimum Gasteiger partial charge on any atom is -0.352 e. The molecule has 0 saturated heterocycles. The number of pyridine rings is 1. The molecule has 2 amide bonds. The standard InChI is InChI=1S/C29H27N3O2/c1-22-8-5-6-12-27(22)29(34)32(21-24-9-3-2-4-10-24)26-15-13-23(14-16-26)18-28(33)31-20-25-11-7-17-30-19-25/h2-17,19H,18,20-21H2,1H3,(H,31,33). The molecule has 1 heterocycles. The van der Waals surface area contributed by atoms with E-state index in [4.69, 9.17) is 0 Å². The van der Waals surface area contributed by atoms with Gasteiger partial charge in [0.25, 0.3) is 5.91 Å². The van der Waals surface area contributed by atoms with Gasteiger partial charge < -0.3 is 10.2 Å². The Labute approximate surface area is 200 Å². The van der Waals surface area contributed by atoms with Gasteiger partial charge in [-0.15, -0.1) is 0 Å². The van der Waals surface area contributed by atoms with Crippen LogP contribution < -0.4 is 10.2 Å². The fraction of sp³-hybridized carbons (Fsp3) is 0.138. The van der Waals surface area contributed by atoms with E-state index in [1.807, 2.05) is 97.9 Å². The van der Waals surface area contributed by atoms with Gasteiger partial charge in [-0.1, -0.05) is 66.7 Å². The molecule has 0 saturated carbocycles. The first-order chi connectivity index (χ1) is 16.6. The van der Waals surface area contributed by atoms with Gasteiger partial charge in [-0.05, 0) is 53.4 Å². The Morgan fingerprint density at radius 2 is 1.50 bits per heavy atom. The van der Waals surface area contributed by atoms with Crippen LogP contribution in [-0.4, -0.2) is 16.8 Å². The van der Waals surface area contributed by atoms with Crippen LogP contribution in [0.3, 0.4) is 0 Å². The number of anilines is 1. The summed E-state index contributed by atoms with van der Waals surface area (Å²) >= 11 is 0. The summed E-state index contributed by atoms with van der Waals surface area (Å²) in [5.74, 6) is -0.113. The normalized spacial score (nSPS) is 10.5. The monoisotopic (exact) mass is 449 g/mol. The summed E-state index contributed by atoms with van der Waals surface area (Å²) in [5.41, 5.74) is 5.29. The summed E-state index contributed by atoms with van der Waals surface area (Å²) < 4.78 is 0. The minimum atomic E-state index is -0.0614.